The summed E-state index contributed by atoms with van der Waals surface area (Å²) in [6.07, 6.45) is 8.86. The molecule has 0 unspecified atom stereocenters. The Morgan fingerprint density at radius 3 is 2.61 bits per heavy atom. The fraction of sp³-hybridized carbons (Fsp3) is 0.571. The van der Waals surface area contributed by atoms with Gasteiger partial charge in [-0.2, -0.15) is 0 Å². The number of rotatable bonds is 5. The van der Waals surface area contributed by atoms with E-state index in [9.17, 15) is 0 Å². The van der Waals surface area contributed by atoms with Crippen molar-refractivity contribution in [2.75, 3.05) is 43.4 Å². The molecule has 7 heteroatoms. The number of pyridine rings is 1. The molecule has 0 atom stereocenters. The highest BCUT2D eigenvalue weighted by atomic mass is 16.3. The molecule has 3 N–H and O–H groups in total. The number of anilines is 2. The lowest BCUT2D eigenvalue weighted by molar-refractivity contribution is 0.451. The normalized spacial score (nSPS) is 18.7. The molecule has 2 aliphatic rings. The van der Waals surface area contributed by atoms with Crippen LogP contribution in [0, 0.1) is 5.41 Å². The van der Waals surface area contributed by atoms with Crippen LogP contribution in [0.15, 0.2) is 22.8 Å². The largest absolute Gasteiger partial charge is 0.443 e. The molecule has 2 aliphatic heterocycles. The first-order chi connectivity index (χ1) is 13.8. The van der Waals surface area contributed by atoms with Crippen LogP contribution in [0.4, 0.5) is 11.6 Å². The van der Waals surface area contributed by atoms with Gasteiger partial charge in [0, 0.05) is 31.6 Å². The van der Waals surface area contributed by atoms with Crippen molar-refractivity contribution < 1.29 is 4.42 Å². The molecule has 2 fully saturated rings. The van der Waals surface area contributed by atoms with Gasteiger partial charge < -0.3 is 20.0 Å². The molecule has 0 bridgehead atoms. The van der Waals surface area contributed by atoms with Crippen molar-refractivity contribution in [1.82, 2.24) is 15.3 Å². The van der Waals surface area contributed by atoms with Gasteiger partial charge in [0.25, 0.3) is 0 Å². The summed E-state index contributed by atoms with van der Waals surface area (Å²) in [7, 11) is 1.85. The van der Waals surface area contributed by atoms with E-state index in [4.69, 9.17) is 14.8 Å². The molecule has 0 aliphatic carbocycles. The molecular formula is C21H30N6O. The summed E-state index contributed by atoms with van der Waals surface area (Å²) < 4.78 is 5.67. The number of piperidine rings is 1. The van der Waals surface area contributed by atoms with Gasteiger partial charge in [-0.1, -0.05) is 12.8 Å². The van der Waals surface area contributed by atoms with E-state index in [0.29, 0.717) is 17.6 Å². The predicted octanol–water partition coefficient (Wildman–Crippen LogP) is 3.37. The first-order valence-electron chi connectivity index (χ1n) is 10.5. The minimum absolute atomic E-state index is 0.277. The van der Waals surface area contributed by atoms with Crippen molar-refractivity contribution in [3.63, 3.8) is 0 Å². The standard InChI is InChI=1S/C21H30N6O/c1-23-20-16(6-7-18(26-20)27-12-4-2-3-5-13-27)19(22)21-25-17(14-28-21)15-8-10-24-11-9-15/h6-7,14-15,22,24H,2-5,8-13H2,1H3,(H,23,26). The van der Waals surface area contributed by atoms with Gasteiger partial charge in [0.15, 0.2) is 0 Å². The Labute approximate surface area is 166 Å². The Hall–Kier alpha value is -2.41. The average Bonchev–Trinajstić information content (AvgIpc) is 3.09. The van der Waals surface area contributed by atoms with Crippen LogP contribution in [-0.4, -0.2) is 48.9 Å². The zero-order valence-corrected chi connectivity index (χ0v) is 16.6. The van der Waals surface area contributed by atoms with Crippen LogP contribution < -0.4 is 15.5 Å². The highest BCUT2D eigenvalue weighted by Crippen LogP contribution is 2.27. The summed E-state index contributed by atoms with van der Waals surface area (Å²) >= 11 is 0. The SMILES string of the molecule is CNc1nc(N2CCCCCC2)ccc1C(=N)c1nc(C2CCNCC2)co1. The molecule has 0 saturated carbocycles. The van der Waals surface area contributed by atoms with E-state index in [1.165, 1.54) is 25.7 Å². The third-order valence-electron chi connectivity index (χ3n) is 5.81. The molecule has 4 rings (SSSR count). The Bertz CT molecular complexity index is 803. The molecule has 2 aromatic heterocycles. The molecule has 2 saturated heterocycles. The topological polar surface area (TPSA) is 90.1 Å². The maximum atomic E-state index is 8.63. The third-order valence-corrected chi connectivity index (χ3v) is 5.81. The van der Waals surface area contributed by atoms with Gasteiger partial charge in [-0.05, 0) is 50.9 Å². The van der Waals surface area contributed by atoms with Gasteiger partial charge in [0.1, 0.15) is 23.6 Å². The summed E-state index contributed by atoms with van der Waals surface area (Å²) in [6.45, 7) is 4.12. The van der Waals surface area contributed by atoms with Crippen molar-refractivity contribution in [3.05, 3.63) is 35.5 Å². The monoisotopic (exact) mass is 382 g/mol. The second-order valence-corrected chi connectivity index (χ2v) is 7.69. The minimum Gasteiger partial charge on any atom is -0.443 e. The number of hydrogen-bond acceptors (Lipinski definition) is 7. The molecule has 4 heterocycles. The third kappa shape index (κ3) is 4.04. The van der Waals surface area contributed by atoms with Crippen LogP contribution in [0.3, 0.4) is 0 Å². The molecule has 28 heavy (non-hydrogen) atoms. The molecule has 2 aromatic rings. The highest BCUT2D eigenvalue weighted by Gasteiger charge is 2.22. The van der Waals surface area contributed by atoms with Crippen molar-refractivity contribution in [2.24, 2.45) is 0 Å². The van der Waals surface area contributed by atoms with Crippen LogP contribution in [0.25, 0.3) is 0 Å². The van der Waals surface area contributed by atoms with Crippen molar-refractivity contribution in [3.8, 4) is 0 Å². The summed E-state index contributed by atoms with van der Waals surface area (Å²) in [5.41, 5.74) is 1.96. The molecule has 150 valence electrons. The van der Waals surface area contributed by atoms with Crippen molar-refractivity contribution >= 4 is 17.3 Å². The quantitative estimate of drug-likeness (QED) is 0.687. The number of nitrogens with zero attached hydrogens (tertiary/aromatic N) is 3. The predicted molar refractivity (Wildman–Crippen MR) is 112 cm³/mol. The van der Waals surface area contributed by atoms with Gasteiger partial charge in [0.2, 0.25) is 5.89 Å². The number of oxazole rings is 1. The Kier molecular flexibility index (Phi) is 5.90. The molecule has 0 spiro atoms. The maximum absolute atomic E-state index is 8.63. The number of nitrogens with one attached hydrogen (secondary N) is 3. The first kappa shape index (κ1) is 18.9. The minimum atomic E-state index is 0.277. The van der Waals surface area contributed by atoms with Crippen LogP contribution in [-0.2, 0) is 0 Å². The maximum Gasteiger partial charge on any atom is 0.245 e. The lowest BCUT2D eigenvalue weighted by atomic mass is 9.95. The molecule has 0 radical (unpaired) electrons. The van der Waals surface area contributed by atoms with Crippen LogP contribution >= 0.6 is 0 Å². The summed E-state index contributed by atoms with van der Waals surface area (Å²) in [5.74, 6) is 2.46. The second kappa shape index (κ2) is 8.73. The van der Waals surface area contributed by atoms with Crippen LogP contribution in [0.2, 0.25) is 0 Å². The van der Waals surface area contributed by atoms with Crippen LogP contribution in [0.5, 0.6) is 0 Å². The zero-order valence-electron chi connectivity index (χ0n) is 16.6. The summed E-state index contributed by atoms with van der Waals surface area (Å²) in [4.78, 5) is 11.8. The Morgan fingerprint density at radius 2 is 1.89 bits per heavy atom. The van der Waals surface area contributed by atoms with E-state index in [1.54, 1.807) is 6.26 Å². The molecule has 0 aromatic carbocycles. The van der Waals surface area contributed by atoms with E-state index < -0.39 is 0 Å². The second-order valence-electron chi connectivity index (χ2n) is 7.69. The molecule has 0 amide bonds. The van der Waals surface area contributed by atoms with Crippen LogP contribution in [0.1, 0.15) is 61.6 Å². The fourth-order valence-corrected chi connectivity index (χ4v) is 4.14. The fourth-order valence-electron chi connectivity index (χ4n) is 4.14. The first-order valence-corrected chi connectivity index (χ1v) is 10.5. The van der Waals surface area contributed by atoms with Gasteiger partial charge >= 0.3 is 0 Å². The lowest BCUT2D eigenvalue weighted by Gasteiger charge is -2.22. The lowest BCUT2D eigenvalue weighted by Crippen LogP contribution is -2.26. The van der Waals surface area contributed by atoms with Gasteiger partial charge in [-0.3, -0.25) is 5.41 Å². The van der Waals surface area contributed by atoms with Crippen molar-refractivity contribution in [2.45, 2.75) is 44.4 Å². The van der Waals surface area contributed by atoms with Gasteiger partial charge in [-0.15, -0.1) is 0 Å². The highest BCUT2D eigenvalue weighted by molar-refractivity contribution is 6.11. The molecular weight excluding hydrogens is 352 g/mol. The van der Waals surface area contributed by atoms with Gasteiger partial charge in [-0.25, -0.2) is 9.97 Å². The van der Waals surface area contributed by atoms with Gasteiger partial charge in [0.05, 0.1) is 5.69 Å². The Balaban J connectivity index is 1.54. The molecule has 7 nitrogen and oxygen atoms in total. The van der Waals surface area contributed by atoms with Crippen molar-refractivity contribution in [1.29, 1.82) is 5.41 Å². The Morgan fingerprint density at radius 1 is 1.14 bits per heavy atom. The van der Waals surface area contributed by atoms with E-state index in [0.717, 1.165) is 56.1 Å². The zero-order chi connectivity index (χ0) is 19.3. The van der Waals surface area contributed by atoms with E-state index in [1.807, 2.05) is 19.2 Å². The average molecular weight is 383 g/mol. The summed E-state index contributed by atoms with van der Waals surface area (Å²) in [6, 6.07) is 3.99. The number of hydrogen-bond donors (Lipinski definition) is 3. The van der Waals surface area contributed by atoms with E-state index >= 15 is 0 Å². The summed E-state index contributed by atoms with van der Waals surface area (Å²) in [5, 5.41) is 15.2. The number of aromatic nitrogens is 2. The smallest absolute Gasteiger partial charge is 0.245 e. The van der Waals surface area contributed by atoms with E-state index in [-0.39, 0.29) is 5.71 Å². The van der Waals surface area contributed by atoms with E-state index in [2.05, 4.69) is 20.5 Å².